The third-order valence-electron chi connectivity index (χ3n) is 1.76. The van der Waals surface area contributed by atoms with Gasteiger partial charge in [-0.15, -0.1) is 0 Å². The van der Waals surface area contributed by atoms with E-state index < -0.39 is 0 Å². The van der Waals surface area contributed by atoms with Crippen molar-refractivity contribution in [3.05, 3.63) is 0 Å². The van der Waals surface area contributed by atoms with Crippen LogP contribution in [-0.4, -0.2) is 29.1 Å². The van der Waals surface area contributed by atoms with Gasteiger partial charge in [-0.05, 0) is 6.42 Å². The van der Waals surface area contributed by atoms with Crippen molar-refractivity contribution in [2.45, 2.75) is 51.9 Å². The second kappa shape index (κ2) is 13.1. The minimum atomic E-state index is 0. The van der Waals surface area contributed by atoms with E-state index in [0.29, 0.717) is 6.61 Å². The molecule has 0 radical (unpaired) electrons. The molecule has 11 heavy (non-hydrogen) atoms. The van der Waals surface area contributed by atoms with Crippen molar-refractivity contribution in [1.29, 1.82) is 0 Å². The van der Waals surface area contributed by atoms with Crippen molar-refractivity contribution in [3.8, 4) is 0 Å². The van der Waals surface area contributed by atoms with Gasteiger partial charge < -0.3 is 5.11 Å². The normalized spacial score (nSPS) is 9.27. The zero-order valence-corrected chi connectivity index (χ0v) is 7.10. The Balaban J connectivity index is 0. The molecule has 0 spiro atoms. The molecule has 1 nitrogen and oxygen atoms in total. The Labute approximate surface area is 81.3 Å². The Morgan fingerprint density at radius 2 is 1.27 bits per heavy atom. The Morgan fingerprint density at radius 1 is 0.818 bits per heavy atom. The summed E-state index contributed by atoms with van der Waals surface area (Å²) >= 11 is 0. The second-order valence-corrected chi connectivity index (χ2v) is 2.84. The molecule has 0 amide bonds. The van der Waals surface area contributed by atoms with Gasteiger partial charge in [-0.1, -0.05) is 45.4 Å². The van der Waals surface area contributed by atoms with Crippen molar-refractivity contribution >= 4 is 17.4 Å². The fraction of sp³-hybridized carbons (Fsp3) is 1.00. The number of unbranched alkanes of at least 4 members (excludes halogenated alkanes) is 6. The molecule has 0 saturated heterocycles. The van der Waals surface area contributed by atoms with E-state index in [4.69, 9.17) is 5.11 Å². The molecule has 0 aromatic carbocycles. The summed E-state index contributed by atoms with van der Waals surface area (Å²) in [6.07, 6.45) is 8.93. The van der Waals surface area contributed by atoms with Gasteiger partial charge in [-0.25, -0.2) is 0 Å². The molecule has 0 rings (SSSR count). The number of aliphatic hydroxyl groups excluding tert-OH is 1. The topological polar surface area (TPSA) is 20.2 Å². The summed E-state index contributed by atoms with van der Waals surface area (Å²) in [5, 5.41) is 8.47. The largest absolute Gasteiger partial charge is 0.396 e. The summed E-state index contributed by atoms with van der Waals surface area (Å²) in [6.45, 7) is 2.60. The fourth-order valence-corrected chi connectivity index (χ4v) is 1.07. The fourth-order valence-electron chi connectivity index (χ4n) is 1.07. The van der Waals surface area contributed by atoms with E-state index in [1.54, 1.807) is 0 Å². The molecular weight excluding hydrogens is 151 g/mol. The van der Waals surface area contributed by atoms with E-state index in [-0.39, 0.29) is 17.4 Å². The minimum Gasteiger partial charge on any atom is -0.396 e. The summed E-state index contributed by atoms with van der Waals surface area (Å²) in [4.78, 5) is 0. The number of rotatable bonds is 7. The summed E-state index contributed by atoms with van der Waals surface area (Å²) < 4.78 is 0. The van der Waals surface area contributed by atoms with Crippen LogP contribution in [-0.2, 0) is 0 Å². The summed E-state index contributed by atoms with van der Waals surface area (Å²) in [7, 11) is 0. The van der Waals surface area contributed by atoms with Gasteiger partial charge in [0.1, 0.15) is 0 Å². The van der Waals surface area contributed by atoms with E-state index in [9.17, 15) is 0 Å². The monoisotopic (exact) mass is 174 g/mol. The average molecular weight is 174 g/mol. The van der Waals surface area contributed by atoms with Gasteiger partial charge in [0, 0.05) is 6.61 Å². The molecule has 0 atom stereocenters. The van der Waals surface area contributed by atoms with Crippen molar-refractivity contribution in [3.63, 3.8) is 0 Å². The van der Waals surface area contributed by atoms with Gasteiger partial charge in [0.15, 0.2) is 17.4 Å². The quantitative estimate of drug-likeness (QED) is 0.458. The standard InChI is InChI=1S/C9H20O.Al.3H/c1-2-3-4-5-6-7-8-9-10;;;;/h10H,2-9H2,1H3;;;;. The highest BCUT2D eigenvalue weighted by Crippen LogP contribution is 2.05. The highest BCUT2D eigenvalue weighted by atomic mass is 27.0. The molecule has 1 N–H and O–H groups in total. The predicted molar refractivity (Wildman–Crippen MR) is 55.0 cm³/mol. The minimum absolute atomic E-state index is 0. The Morgan fingerprint density at radius 3 is 1.73 bits per heavy atom. The molecule has 0 aliphatic carbocycles. The van der Waals surface area contributed by atoms with Crippen LogP contribution in [0.15, 0.2) is 0 Å². The number of hydrogen-bond acceptors (Lipinski definition) is 1. The van der Waals surface area contributed by atoms with E-state index in [1.165, 1.54) is 38.5 Å². The molecule has 0 heterocycles. The van der Waals surface area contributed by atoms with E-state index in [1.807, 2.05) is 0 Å². The van der Waals surface area contributed by atoms with Gasteiger partial charge in [-0.3, -0.25) is 0 Å². The van der Waals surface area contributed by atoms with E-state index >= 15 is 0 Å². The van der Waals surface area contributed by atoms with Crippen LogP contribution in [0.3, 0.4) is 0 Å². The highest BCUT2D eigenvalue weighted by Gasteiger charge is 1.88. The zero-order chi connectivity index (χ0) is 7.66. The lowest BCUT2D eigenvalue weighted by atomic mass is 10.1. The van der Waals surface area contributed by atoms with Crippen LogP contribution in [0, 0.1) is 0 Å². The van der Waals surface area contributed by atoms with Crippen LogP contribution in [0.25, 0.3) is 0 Å². The van der Waals surface area contributed by atoms with Crippen LogP contribution < -0.4 is 0 Å². The molecule has 0 fully saturated rings. The first-order valence-corrected chi connectivity index (χ1v) is 4.52. The van der Waals surface area contributed by atoms with E-state index in [2.05, 4.69) is 6.92 Å². The molecule has 2 heteroatoms. The predicted octanol–water partition coefficient (Wildman–Crippen LogP) is 1.55. The van der Waals surface area contributed by atoms with Crippen LogP contribution in [0.2, 0.25) is 0 Å². The first-order valence-electron chi connectivity index (χ1n) is 4.52. The van der Waals surface area contributed by atoms with Gasteiger partial charge in [0.05, 0.1) is 0 Å². The molecule has 0 aliphatic heterocycles. The van der Waals surface area contributed by atoms with Crippen molar-refractivity contribution < 1.29 is 5.11 Å². The molecule has 68 valence electrons. The first-order chi connectivity index (χ1) is 4.91. The maximum absolute atomic E-state index is 8.47. The van der Waals surface area contributed by atoms with Crippen LogP contribution in [0.5, 0.6) is 0 Å². The lowest BCUT2D eigenvalue weighted by Crippen LogP contribution is -1.83. The molecule has 0 aromatic heterocycles. The lowest BCUT2D eigenvalue weighted by molar-refractivity contribution is 0.282. The van der Waals surface area contributed by atoms with Crippen LogP contribution in [0.1, 0.15) is 51.9 Å². The van der Waals surface area contributed by atoms with Gasteiger partial charge in [0.25, 0.3) is 0 Å². The zero-order valence-electron chi connectivity index (χ0n) is 7.10. The second-order valence-electron chi connectivity index (χ2n) is 2.84. The van der Waals surface area contributed by atoms with Gasteiger partial charge in [0.2, 0.25) is 0 Å². The van der Waals surface area contributed by atoms with Crippen molar-refractivity contribution in [1.82, 2.24) is 0 Å². The van der Waals surface area contributed by atoms with Gasteiger partial charge in [-0.2, -0.15) is 0 Å². The summed E-state index contributed by atoms with van der Waals surface area (Å²) in [5.41, 5.74) is 0. The van der Waals surface area contributed by atoms with Crippen LogP contribution in [0.4, 0.5) is 0 Å². The van der Waals surface area contributed by atoms with E-state index in [0.717, 1.165) is 6.42 Å². The smallest absolute Gasteiger partial charge is 0.187 e. The Bertz CT molecular complexity index is 49.5. The number of aliphatic hydroxyl groups is 1. The van der Waals surface area contributed by atoms with Crippen molar-refractivity contribution in [2.75, 3.05) is 6.61 Å². The van der Waals surface area contributed by atoms with Crippen LogP contribution >= 0.6 is 0 Å². The SMILES string of the molecule is CCCCCCCCCO.[AlH3]. The molecular formula is C9H23AlO. The first kappa shape index (κ1) is 14.0. The lowest BCUT2D eigenvalue weighted by Gasteiger charge is -1.97. The maximum Gasteiger partial charge on any atom is 0.187 e. The maximum atomic E-state index is 8.47. The Kier molecular flexibility index (Phi) is 16.7. The summed E-state index contributed by atoms with van der Waals surface area (Å²) in [6, 6.07) is 0. The van der Waals surface area contributed by atoms with Crippen molar-refractivity contribution in [2.24, 2.45) is 0 Å². The summed E-state index contributed by atoms with van der Waals surface area (Å²) in [5.74, 6) is 0. The highest BCUT2D eigenvalue weighted by molar-refractivity contribution is 5.75. The molecule has 0 unspecified atom stereocenters. The molecule has 0 aromatic rings. The number of hydrogen-bond donors (Lipinski definition) is 1. The molecule has 0 bridgehead atoms. The third-order valence-corrected chi connectivity index (χ3v) is 1.76. The molecule has 0 saturated carbocycles. The average Bonchev–Trinajstić information content (AvgIpc) is 1.97. The Hall–Kier alpha value is 0.492. The molecule has 0 aliphatic rings. The van der Waals surface area contributed by atoms with Gasteiger partial charge >= 0.3 is 0 Å². The third kappa shape index (κ3) is 13.5.